The summed E-state index contributed by atoms with van der Waals surface area (Å²) in [6.07, 6.45) is -0.885. The van der Waals surface area contributed by atoms with Crippen LogP contribution in [0.25, 0.3) is 0 Å². The normalized spacial score (nSPS) is 14.0. The molecule has 0 saturated heterocycles. The number of ether oxygens (including phenoxy) is 3. The van der Waals surface area contributed by atoms with Gasteiger partial charge in [-0.3, -0.25) is 4.79 Å². The molecule has 0 spiro atoms. The van der Waals surface area contributed by atoms with Crippen molar-refractivity contribution in [1.29, 1.82) is 0 Å². The Morgan fingerprint density at radius 2 is 1.20 bits per heavy atom. The quantitative estimate of drug-likeness (QED) is 0.239. The van der Waals surface area contributed by atoms with Gasteiger partial charge in [0.2, 0.25) is 0 Å². The van der Waals surface area contributed by atoms with Crippen LogP contribution in [0, 0.1) is 5.92 Å². The molecule has 226 valence electrons. The average molecular weight is 586 g/mol. The maximum Gasteiger partial charge on any atom is 0.408 e. The predicted octanol–water partition coefficient (Wildman–Crippen LogP) is 4.98. The number of hydrogen-bond donors (Lipinski definition) is 1. The minimum absolute atomic E-state index is 0.0325. The molecule has 2 aromatic rings. The zero-order valence-electron chi connectivity index (χ0n) is 26.2. The van der Waals surface area contributed by atoms with Crippen molar-refractivity contribution in [2.24, 2.45) is 5.92 Å². The topological polar surface area (TPSA) is 100 Å². The van der Waals surface area contributed by atoms with E-state index in [1.165, 1.54) is 7.11 Å². The van der Waals surface area contributed by atoms with E-state index in [0.29, 0.717) is 0 Å². The van der Waals surface area contributed by atoms with Crippen molar-refractivity contribution in [2.45, 2.75) is 91.0 Å². The lowest BCUT2D eigenvalue weighted by Crippen LogP contribution is -2.67. The van der Waals surface area contributed by atoms with Gasteiger partial charge in [0.1, 0.15) is 17.2 Å². The first-order valence-electron chi connectivity index (χ1n) is 13.9. The van der Waals surface area contributed by atoms with E-state index in [4.69, 9.17) is 18.6 Å². The van der Waals surface area contributed by atoms with Gasteiger partial charge in [0.15, 0.2) is 0 Å². The van der Waals surface area contributed by atoms with Gasteiger partial charge >= 0.3 is 18.0 Å². The van der Waals surface area contributed by atoms with Crippen LogP contribution in [0.15, 0.2) is 60.7 Å². The van der Waals surface area contributed by atoms with Gasteiger partial charge in [-0.1, -0.05) is 81.4 Å². The number of rotatable bonds is 10. The van der Waals surface area contributed by atoms with Crippen molar-refractivity contribution < 1.29 is 33.0 Å². The summed E-state index contributed by atoms with van der Waals surface area (Å²) in [7, 11) is -1.69. The molecular weight excluding hydrogens is 538 g/mol. The van der Waals surface area contributed by atoms with Gasteiger partial charge in [0, 0.05) is 6.61 Å². The van der Waals surface area contributed by atoms with E-state index in [1.54, 1.807) is 41.5 Å². The monoisotopic (exact) mass is 585 g/mol. The van der Waals surface area contributed by atoms with E-state index < -0.39 is 49.5 Å². The third kappa shape index (κ3) is 9.71. The molecule has 0 fully saturated rings. The van der Waals surface area contributed by atoms with Crippen molar-refractivity contribution in [3.05, 3.63) is 60.7 Å². The van der Waals surface area contributed by atoms with Crippen molar-refractivity contribution in [3.63, 3.8) is 0 Å². The van der Waals surface area contributed by atoms with Crippen LogP contribution in [0.5, 0.6) is 0 Å². The van der Waals surface area contributed by atoms with Crippen LogP contribution < -0.4 is 15.7 Å². The molecule has 0 aromatic heterocycles. The third-order valence-corrected chi connectivity index (χ3v) is 11.4. The zero-order valence-corrected chi connectivity index (χ0v) is 27.2. The molecule has 8 nitrogen and oxygen atoms in total. The second-order valence-corrected chi connectivity index (χ2v) is 17.5. The minimum Gasteiger partial charge on any atom is -0.469 e. The Hall–Kier alpha value is -3.17. The number of methoxy groups -OCH3 is 1. The molecule has 0 aliphatic carbocycles. The largest absolute Gasteiger partial charge is 0.469 e. The van der Waals surface area contributed by atoms with E-state index in [9.17, 15) is 14.4 Å². The molecule has 0 bridgehead atoms. The second-order valence-electron chi connectivity index (χ2n) is 13.2. The predicted molar refractivity (Wildman–Crippen MR) is 163 cm³/mol. The highest BCUT2D eigenvalue weighted by molar-refractivity contribution is 6.99. The molecule has 0 aliphatic heterocycles. The number of nitrogens with one attached hydrogen (secondary N) is 1. The Labute approximate surface area is 246 Å². The fourth-order valence-corrected chi connectivity index (χ4v) is 9.31. The number of hydrogen-bond acceptors (Lipinski definition) is 7. The van der Waals surface area contributed by atoms with Crippen molar-refractivity contribution in [2.75, 3.05) is 13.7 Å². The lowest BCUT2D eigenvalue weighted by atomic mass is 10.0. The van der Waals surface area contributed by atoms with Crippen LogP contribution >= 0.6 is 0 Å². The fourth-order valence-electron chi connectivity index (χ4n) is 4.71. The zero-order chi connectivity index (χ0) is 31.1. The van der Waals surface area contributed by atoms with Crippen LogP contribution in [0.4, 0.5) is 4.79 Å². The van der Waals surface area contributed by atoms with Gasteiger partial charge in [-0.15, -0.1) is 0 Å². The Kier molecular flexibility index (Phi) is 11.3. The lowest BCUT2D eigenvalue weighted by Gasteiger charge is -2.43. The number of carbonyl (C=O) groups is 3. The molecule has 0 heterocycles. The summed E-state index contributed by atoms with van der Waals surface area (Å²) in [5.74, 6) is -2.11. The minimum atomic E-state index is -2.99. The van der Waals surface area contributed by atoms with Crippen LogP contribution in [0.1, 0.15) is 68.7 Å². The summed E-state index contributed by atoms with van der Waals surface area (Å²) in [6.45, 7) is 16.8. The molecule has 1 amide bonds. The van der Waals surface area contributed by atoms with Crippen LogP contribution in [0.3, 0.4) is 0 Å². The molecule has 0 aliphatic rings. The van der Waals surface area contributed by atoms with Gasteiger partial charge in [-0.05, 0) is 63.4 Å². The maximum atomic E-state index is 13.2. The van der Waals surface area contributed by atoms with E-state index in [0.717, 1.165) is 10.4 Å². The van der Waals surface area contributed by atoms with Gasteiger partial charge in [-0.25, -0.2) is 9.59 Å². The summed E-state index contributed by atoms with van der Waals surface area (Å²) in [5.41, 5.74) is -1.59. The first kappa shape index (κ1) is 34.0. The summed E-state index contributed by atoms with van der Waals surface area (Å²) in [5, 5.41) is 4.39. The number of benzene rings is 2. The van der Waals surface area contributed by atoms with E-state index in [-0.39, 0.29) is 18.1 Å². The Bertz CT molecular complexity index is 1110. The Morgan fingerprint density at radius 1 is 0.732 bits per heavy atom. The van der Waals surface area contributed by atoms with Crippen molar-refractivity contribution >= 4 is 36.7 Å². The van der Waals surface area contributed by atoms with Gasteiger partial charge in [-0.2, -0.15) is 0 Å². The fraction of sp³-hybridized carbons (Fsp3) is 0.531. The number of carbonyl (C=O) groups excluding carboxylic acids is 3. The molecular formula is C32H47NO7Si. The molecule has 0 radical (unpaired) electrons. The highest BCUT2D eigenvalue weighted by Crippen LogP contribution is 2.37. The smallest absolute Gasteiger partial charge is 0.408 e. The summed E-state index contributed by atoms with van der Waals surface area (Å²) >= 11 is 0. The van der Waals surface area contributed by atoms with E-state index >= 15 is 0 Å². The molecule has 0 unspecified atom stereocenters. The number of amides is 1. The Balaban J connectivity index is 2.51. The van der Waals surface area contributed by atoms with Crippen LogP contribution in [-0.4, -0.2) is 57.3 Å². The molecule has 9 heteroatoms. The van der Waals surface area contributed by atoms with Crippen molar-refractivity contribution in [1.82, 2.24) is 5.32 Å². The third-order valence-electron chi connectivity index (χ3n) is 6.35. The molecule has 2 atom stereocenters. The second kappa shape index (κ2) is 13.7. The molecule has 2 aromatic carbocycles. The summed E-state index contributed by atoms with van der Waals surface area (Å²) in [4.78, 5) is 39.1. The lowest BCUT2D eigenvalue weighted by molar-refractivity contribution is -0.158. The molecule has 2 rings (SSSR count). The first-order valence-corrected chi connectivity index (χ1v) is 15.9. The highest BCUT2D eigenvalue weighted by atomic mass is 28.4. The SMILES string of the molecule is COC(=O)[C@@H](CO[Si](c1ccccc1)(c1ccccc1)C(C)(C)C)C[C@H](NC(=O)OC(C)(C)C)C(=O)OC(C)(C)C. The average Bonchev–Trinajstić information content (AvgIpc) is 2.85. The first-order chi connectivity index (χ1) is 18.9. The summed E-state index contributed by atoms with van der Waals surface area (Å²) < 4.78 is 23.1. The van der Waals surface area contributed by atoms with Gasteiger partial charge in [0.05, 0.1) is 13.0 Å². The molecule has 41 heavy (non-hydrogen) atoms. The maximum absolute atomic E-state index is 13.2. The van der Waals surface area contributed by atoms with Gasteiger partial charge in [0.25, 0.3) is 8.32 Å². The highest BCUT2D eigenvalue weighted by Gasteiger charge is 2.51. The van der Waals surface area contributed by atoms with Gasteiger partial charge < -0.3 is 24.0 Å². The van der Waals surface area contributed by atoms with E-state index in [2.05, 4.69) is 50.4 Å². The Morgan fingerprint density at radius 3 is 1.59 bits per heavy atom. The van der Waals surface area contributed by atoms with E-state index in [1.807, 2.05) is 36.4 Å². The molecule has 0 saturated carbocycles. The summed E-state index contributed by atoms with van der Waals surface area (Å²) in [6, 6.07) is 18.9. The molecule has 1 N–H and O–H groups in total. The van der Waals surface area contributed by atoms with Crippen LogP contribution in [-0.2, 0) is 28.2 Å². The number of alkyl carbamates (subject to hydrolysis) is 1. The van der Waals surface area contributed by atoms with Crippen LogP contribution in [0.2, 0.25) is 5.04 Å². The standard InChI is InChI=1S/C32H47NO7Si/c1-30(2,3)39-28(35)26(33-29(36)40-31(4,5)6)21-23(27(34)37-10)22-38-41(32(7,8)9,24-17-13-11-14-18-24)25-19-15-12-16-20-25/h11-20,23,26H,21-22H2,1-10H3,(H,33,36)/t23-,26+/m1/s1. The number of esters is 2. The van der Waals surface area contributed by atoms with Crippen molar-refractivity contribution in [3.8, 4) is 0 Å².